The minimum atomic E-state index is -2.05. The molecular weight excluding hydrogens is 1220 g/mol. The molecule has 1 heterocycles. The summed E-state index contributed by atoms with van der Waals surface area (Å²) >= 11 is 0. The Kier molecular flexibility index (Phi) is 36.3. The van der Waals surface area contributed by atoms with Crippen LogP contribution in [0.5, 0.6) is 0 Å². The number of aliphatic hydroxyl groups is 1. The number of rotatable bonds is 47. The molecule has 93 heavy (non-hydrogen) atoms. The smallest absolute Gasteiger partial charge is 0.326 e. The topological polar surface area (TPSA) is 621 Å². The summed E-state index contributed by atoms with van der Waals surface area (Å²) in [7, 11) is 0. The maximum atomic E-state index is 14.8. The Morgan fingerprint density at radius 3 is 1.39 bits per heavy atom. The van der Waals surface area contributed by atoms with Gasteiger partial charge in [0.15, 0.2) is 5.96 Å². The van der Waals surface area contributed by atoms with Crippen molar-refractivity contribution in [3.05, 3.63) is 36.0 Å². The van der Waals surface area contributed by atoms with E-state index in [0.29, 0.717) is 48.7 Å². The predicted octanol–water partition coefficient (Wildman–Crippen LogP) is -5.43. The zero-order chi connectivity index (χ0) is 69.9. The first kappa shape index (κ1) is 80.0. The van der Waals surface area contributed by atoms with Crippen LogP contribution in [-0.2, 0) is 68.7 Å². The number of nitrogens with two attached hydrogens (primary N) is 7. The van der Waals surface area contributed by atoms with Crippen molar-refractivity contribution in [2.75, 3.05) is 26.2 Å². The number of primary amides is 1. The number of fused-ring (bicyclic) bond motifs is 1. The molecule has 11 atom stereocenters. The molecule has 0 saturated heterocycles. The molecule has 35 nitrogen and oxygen atoms in total. The predicted molar refractivity (Wildman–Crippen MR) is 338 cm³/mol. The molecule has 35 heteroatoms. The van der Waals surface area contributed by atoms with Crippen LogP contribution in [0.3, 0.4) is 0 Å². The highest BCUT2D eigenvalue weighted by Crippen LogP contribution is 2.20. The molecule has 1 aromatic carbocycles. The molecular formula is C58H96N18O17. The van der Waals surface area contributed by atoms with E-state index < -0.39 is 169 Å². The quantitative estimate of drug-likeness (QED) is 0.0167. The zero-order valence-corrected chi connectivity index (χ0v) is 52.7. The lowest BCUT2D eigenvalue weighted by molar-refractivity contribution is -0.143. The van der Waals surface area contributed by atoms with Gasteiger partial charge in [-0.25, -0.2) is 4.79 Å². The number of nitrogens with one attached hydrogen (secondary N) is 10. The fourth-order valence-corrected chi connectivity index (χ4v) is 9.52. The standard InChI is InChI=1S/C58H96N18O17/c1-30(2)25-43(57(92)93)75-51(86)38(18-12-24-66-58(64)65)68-49(84)36(16-7-10-22-60)70-55(90)42(28-46(81)82)73-52(87)39(19-20-45(79)80)71-53(88)40(26-32-29-67-35-15-5-4-13-33(32)35)72-50(85)37(17-8-11-23-61)69-54(89)41(27-44(63)78)74-56(91)47(31(3)77)76-48(83)34(62)14-6-9-21-59/h4-5,13,15,29-31,34,36-43,47,67,77H,6-12,14,16-28,59-62H2,1-3H3,(H2,63,78)(H,68,84)(H,69,89)(H,70,90)(H,71,88)(H,72,85)(H,73,87)(H,74,91)(H,75,86)(H,76,83)(H,79,80)(H,81,82)(H,92,93)(H4,64,65,66)/t31-,34+,36+,37+,38+,39+,40+,41+,42+,43+,47+/m1/s1. The SMILES string of the molecule is CC(C)C[C@H](NC(=O)[C@H](CCCN=C(N)N)NC(=O)[C@H](CCCCN)NC(=O)[C@H](CC(=O)O)NC(=O)[C@H](CCC(=O)O)NC(=O)[C@H](Cc1c[nH]c2ccccc12)NC(=O)[C@H](CCCCN)NC(=O)[C@H](CC(N)=O)NC(=O)[C@@H](NC(=O)[C@@H](N)CCCCN)[C@@H](C)O)C(=O)O. The summed E-state index contributed by atoms with van der Waals surface area (Å²) < 4.78 is 0. The first-order chi connectivity index (χ1) is 43.9. The Bertz CT molecular complexity index is 2870. The lowest BCUT2D eigenvalue weighted by Gasteiger charge is -2.28. The van der Waals surface area contributed by atoms with Gasteiger partial charge in [0.1, 0.15) is 54.4 Å². The lowest BCUT2D eigenvalue weighted by Crippen LogP contribution is -2.61. The number of amides is 10. The number of nitrogens with zero attached hydrogens (tertiary/aromatic N) is 1. The highest BCUT2D eigenvalue weighted by Gasteiger charge is 2.38. The minimum Gasteiger partial charge on any atom is -0.481 e. The van der Waals surface area contributed by atoms with Gasteiger partial charge < -0.3 is 113 Å². The summed E-state index contributed by atoms with van der Waals surface area (Å²) in [6.07, 6.45) is -2.19. The number of benzene rings is 1. The fourth-order valence-electron chi connectivity index (χ4n) is 9.52. The summed E-state index contributed by atoms with van der Waals surface area (Å²) in [6.45, 7) is 5.21. The van der Waals surface area contributed by atoms with E-state index in [4.69, 9.17) is 40.1 Å². The van der Waals surface area contributed by atoms with Crippen molar-refractivity contribution in [2.24, 2.45) is 51.0 Å². The van der Waals surface area contributed by atoms with Gasteiger partial charge in [0.05, 0.1) is 25.0 Å². The highest BCUT2D eigenvalue weighted by molar-refractivity contribution is 6.00. The first-order valence-corrected chi connectivity index (χ1v) is 30.7. The number of para-hydroxylation sites is 1. The number of aliphatic imine (C=N–C) groups is 1. The Morgan fingerprint density at radius 2 is 0.925 bits per heavy atom. The second kappa shape index (κ2) is 42.2. The molecule has 0 fully saturated rings. The number of carboxylic acids is 3. The van der Waals surface area contributed by atoms with E-state index in [-0.39, 0.29) is 89.3 Å². The normalized spacial score (nSPS) is 14.7. The van der Waals surface area contributed by atoms with Crippen LogP contribution in [0, 0.1) is 5.92 Å². The van der Waals surface area contributed by atoms with Crippen molar-refractivity contribution in [3.8, 4) is 0 Å². The Morgan fingerprint density at radius 1 is 0.495 bits per heavy atom. The van der Waals surface area contributed by atoms with Crippen LogP contribution in [0.15, 0.2) is 35.5 Å². The number of carbonyl (C=O) groups excluding carboxylic acids is 10. The van der Waals surface area contributed by atoms with Crippen LogP contribution in [0.2, 0.25) is 0 Å². The number of aliphatic hydroxyl groups excluding tert-OH is 1. The second-order valence-corrected chi connectivity index (χ2v) is 22.9. The maximum Gasteiger partial charge on any atom is 0.326 e. The van der Waals surface area contributed by atoms with Gasteiger partial charge in [-0.15, -0.1) is 0 Å². The maximum absolute atomic E-state index is 14.8. The van der Waals surface area contributed by atoms with Crippen LogP contribution in [0.25, 0.3) is 10.9 Å². The highest BCUT2D eigenvalue weighted by atomic mass is 16.4. The molecule has 2 aromatic rings. The van der Waals surface area contributed by atoms with Gasteiger partial charge in [-0.05, 0) is 121 Å². The summed E-state index contributed by atoms with van der Waals surface area (Å²) in [4.78, 5) is 182. The number of carboxylic acid groups (broad SMARTS) is 3. The number of aliphatic carboxylic acids is 3. The van der Waals surface area contributed by atoms with E-state index in [0.717, 1.165) is 0 Å². The largest absolute Gasteiger partial charge is 0.481 e. The van der Waals surface area contributed by atoms with Crippen molar-refractivity contribution in [3.63, 3.8) is 0 Å². The molecule has 10 amide bonds. The average molecular weight is 1320 g/mol. The van der Waals surface area contributed by atoms with Crippen molar-refractivity contribution in [2.45, 2.75) is 196 Å². The molecule has 0 radical (unpaired) electrons. The monoisotopic (exact) mass is 1320 g/mol. The Labute approximate surface area is 537 Å². The molecule has 0 aliphatic rings. The number of hydrogen-bond acceptors (Lipinski definition) is 19. The molecule has 0 unspecified atom stereocenters. The minimum absolute atomic E-state index is 0.00952. The van der Waals surface area contributed by atoms with Gasteiger partial charge in [0.25, 0.3) is 0 Å². The van der Waals surface area contributed by atoms with Crippen LogP contribution in [0.4, 0.5) is 0 Å². The molecule has 1 aromatic heterocycles. The van der Waals surface area contributed by atoms with Crippen molar-refractivity contribution >= 4 is 93.8 Å². The number of guanidine groups is 1. The first-order valence-electron chi connectivity index (χ1n) is 30.7. The third-order valence-electron chi connectivity index (χ3n) is 14.5. The van der Waals surface area contributed by atoms with Gasteiger partial charge >= 0.3 is 17.9 Å². The summed E-state index contributed by atoms with van der Waals surface area (Å²) in [6, 6.07) is -9.49. The number of unbranched alkanes of at least 4 members (excludes halogenated alkanes) is 3. The average Bonchev–Trinajstić information content (AvgIpc) is 1.75. The molecule has 28 N–H and O–H groups in total. The van der Waals surface area contributed by atoms with Gasteiger partial charge in [-0.1, -0.05) is 38.5 Å². The Balaban J connectivity index is 2.63. The molecule has 520 valence electrons. The summed E-state index contributed by atoms with van der Waals surface area (Å²) in [5.74, 6) is -15.8. The van der Waals surface area contributed by atoms with Crippen LogP contribution >= 0.6 is 0 Å². The van der Waals surface area contributed by atoms with E-state index in [1.54, 1.807) is 38.1 Å². The molecule has 0 aliphatic carbocycles. The summed E-state index contributed by atoms with van der Waals surface area (Å²) in [5, 5.41) is 62.4. The van der Waals surface area contributed by atoms with Gasteiger partial charge in [-0.3, -0.25) is 62.5 Å². The zero-order valence-electron chi connectivity index (χ0n) is 52.7. The summed E-state index contributed by atoms with van der Waals surface area (Å²) in [5.41, 5.74) is 40.4. The lowest BCUT2D eigenvalue weighted by atomic mass is 10.0. The van der Waals surface area contributed by atoms with Crippen LogP contribution in [-0.4, -0.2) is 201 Å². The third kappa shape index (κ3) is 30.3. The molecule has 0 bridgehead atoms. The van der Waals surface area contributed by atoms with Gasteiger partial charge in [0, 0.05) is 36.5 Å². The van der Waals surface area contributed by atoms with E-state index in [1.165, 1.54) is 13.1 Å². The number of aromatic nitrogens is 1. The molecule has 2 rings (SSSR count). The number of hydrogen-bond donors (Lipinski definition) is 21. The van der Waals surface area contributed by atoms with E-state index in [2.05, 4.69) is 57.8 Å². The van der Waals surface area contributed by atoms with Gasteiger partial charge in [-0.2, -0.15) is 0 Å². The van der Waals surface area contributed by atoms with Crippen molar-refractivity contribution < 1.29 is 82.8 Å². The van der Waals surface area contributed by atoms with E-state index in [1.807, 2.05) is 0 Å². The number of carbonyl (C=O) groups is 13. The Hall–Kier alpha value is -9.06. The fraction of sp³-hybridized carbons (Fsp3) is 0.621. The third-order valence-corrected chi connectivity index (χ3v) is 14.5. The van der Waals surface area contributed by atoms with E-state index >= 15 is 0 Å². The molecule has 0 aliphatic heterocycles. The molecule has 0 spiro atoms. The number of aromatic amines is 1. The van der Waals surface area contributed by atoms with Crippen LogP contribution < -0.4 is 88.0 Å². The van der Waals surface area contributed by atoms with Gasteiger partial charge in [0.2, 0.25) is 59.1 Å². The van der Waals surface area contributed by atoms with Crippen LogP contribution in [0.1, 0.15) is 129 Å². The van der Waals surface area contributed by atoms with Crippen molar-refractivity contribution in [1.29, 1.82) is 0 Å². The number of H-pyrrole nitrogens is 1. The van der Waals surface area contributed by atoms with E-state index in [9.17, 15) is 82.8 Å². The molecule has 0 saturated carbocycles. The second-order valence-electron chi connectivity index (χ2n) is 22.9. The van der Waals surface area contributed by atoms with Crippen molar-refractivity contribution in [1.82, 2.24) is 52.8 Å².